The van der Waals surface area contributed by atoms with Crippen molar-refractivity contribution < 1.29 is 13.2 Å². The van der Waals surface area contributed by atoms with Crippen molar-refractivity contribution >= 4 is 21.6 Å². The first-order chi connectivity index (χ1) is 14.7. The Kier molecular flexibility index (Phi) is 7.73. The van der Waals surface area contributed by atoms with Crippen LogP contribution in [-0.2, 0) is 27.9 Å². The van der Waals surface area contributed by atoms with Crippen LogP contribution in [0.3, 0.4) is 0 Å². The molecule has 1 aliphatic rings. The fourth-order valence-electron chi connectivity index (χ4n) is 4.09. The molecule has 1 heterocycles. The van der Waals surface area contributed by atoms with E-state index in [1.54, 1.807) is 6.07 Å². The number of likely N-dealkylation sites (tertiary alicyclic amines) is 1. The fourth-order valence-corrected chi connectivity index (χ4v) is 5.00. The number of hydrogen-bond acceptors (Lipinski definition) is 4. The molecule has 1 amide bonds. The molecule has 0 spiro atoms. The van der Waals surface area contributed by atoms with E-state index in [4.69, 9.17) is 0 Å². The number of piperidine rings is 1. The molecule has 2 aromatic carbocycles. The highest BCUT2D eigenvalue weighted by Gasteiger charge is 2.22. The van der Waals surface area contributed by atoms with Crippen LogP contribution in [0, 0.1) is 13.8 Å². The monoisotopic (exact) mass is 443 g/mol. The molecule has 0 saturated carbocycles. The summed E-state index contributed by atoms with van der Waals surface area (Å²) < 4.78 is 26.0. The van der Waals surface area contributed by atoms with Crippen LogP contribution in [0.5, 0.6) is 0 Å². The van der Waals surface area contributed by atoms with Gasteiger partial charge >= 0.3 is 0 Å². The van der Waals surface area contributed by atoms with E-state index in [1.807, 2.05) is 44.2 Å². The predicted octanol–water partition coefficient (Wildman–Crippen LogP) is 3.37. The molecule has 0 aliphatic carbocycles. The van der Waals surface area contributed by atoms with Crippen LogP contribution < -0.4 is 9.62 Å². The second kappa shape index (κ2) is 10.3. The van der Waals surface area contributed by atoms with Crippen molar-refractivity contribution in [3.63, 3.8) is 0 Å². The number of carbonyl (C=O) groups excluding carboxylic acids is 1. The lowest BCUT2D eigenvalue weighted by Crippen LogP contribution is -2.40. The molecule has 1 aliphatic heterocycles. The van der Waals surface area contributed by atoms with Crippen molar-refractivity contribution in [1.29, 1.82) is 0 Å². The molecule has 6 nitrogen and oxygen atoms in total. The molecular formula is C24H33N3O3S. The number of anilines is 1. The number of nitrogens with zero attached hydrogens (tertiary/aromatic N) is 2. The summed E-state index contributed by atoms with van der Waals surface area (Å²) in [5.41, 5.74) is 4.68. The number of hydrogen-bond donors (Lipinski definition) is 1. The second-order valence-electron chi connectivity index (χ2n) is 8.44. The largest absolute Gasteiger partial charge is 0.350 e. The lowest BCUT2D eigenvalue weighted by molar-refractivity contribution is -0.119. The van der Waals surface area contributed by atoms with Gasteiger partial charge in [-0.15, -0.1) is 0 Å². The first kappa shape index (κ1) is 23.3. The Balaban J connectivity index is 1.67. The summed E-state index contributed by atoms with van der Waals surface area (Å²) in [5, 5.41) is 2.92. The highest BCUT2D eigenvalue weighted by molar-refractivity contribution is 7.92. The molecule has 1 saturated heterocycles. The van der Waals surface area contributed by atoms with Crippen LogP contribution in [0.15, 0.2) is 42.5 Å². The first-order valence-electron chi connectivity index (χ1n) is 10.8. The summed E-state index contributed by atoms with van der Waals surface area (Å²) in [4.78, 5) is 15.2. The molecule has 0 radical (unpaired) electrons. The quantitative estimate of drug-likeness (QED) is 0.679. The number of aryl methyl sites for hydroxylation is 2. The smallest absolute Gasteiger partial charge is 0.241 e. The van der Waals surface area contributed by atoms with E-state index >= 15 is 0 Å². The zero-order valence-corrected chi connectivity index (χ0v) is 19.5. The molecule has 1 fully saturated rings. The molecule has 0 bridgehead atoms. The number of amides is 1. The fraction of sp³-hybridized carbons (Fsp3) is 0.458. The van der Waals surface area contributed by atoms with Gasteiger partial charge in [0.05, 0.1) is 11.9 Å². The Labute approximate surface area is 186 Å². The number of rotatable bonds is 8. The molecule has 0 unspecified atom stereocenters. The van der Waals surface area contributed by atoms with E-state index in [0.717, 1.165) is 42.6 Å². The van der Waals surface area contributed by atoms with E-state index in [1.165, 1.54) is 29.1 Å². The molecule has 31 heavy (non-hydrogen) atoms. The van der Waals surface area contributed by atoms with Gasteiger partial charge in [0.1, 0.15) is 6.54 Å². The molecule has 1 N–H and O–H groups in total. The molecule has 0 atom stereocenters. The maximum absolute atomic E-state index is 12.7. The van der Waals surface area contributed by atoms with Crippen molar-refractivity contribution in [2.75, 3.05) is 30.2 Å². The normalized spacial score (nSPS) is 14.9. The maximum atomic E-state index is 12.7. The highest BCUT2D eigenvalue weighted by atomic mass is 32.2. The van der Waals surface area contributed by atoms with Crippen LogP contribution in [0.1, 0.15) is 41.5 Å². The summed E-state index contributed by atoms with van der Waals surface area (Å²) in [6.45, 7) is 7.05. The zero-order chi connectivity index (χ0) is 22.4. The van der Waals surface area contributed by atoms with Gasteiger partial charge in [0, 0.05) is 13.1 Å². The summed E-state index contributed by atoms with van der Waals surface area (Å²) in [6.07, 6.45) is 4.90. The van der Waals surface area contributed by atoms with Gasteiger partial charge in [-0.05, 0) is 62.5 Å². The Hall–Kier alpha value is -2.38. The van der Waals surface area contributed by atoms with Gasteiger partial charge in [0.25, 0.3) is 0 Å². The summed E-state index contributed by atoms with van der Waals surface area (Å²) in [7, 11) is -3.59. The van der Waals surface area contributed by atoms with Gasteiger partial charge in [-0.3, -0.25) is 14.0 Å². The Morgan fingerprint density at radius 2 is 1.71 bits per heavy atom. The average molecular weight is 444 g/mol. The maximum Gasteiger partial charge on any atom is 0.241 e. The van der Waals surface area contributed by atoms with Gasteiger partial charge in [-0.25, -0.2) is 8.42 Å². The highest BCUT2D eigenvalue weighted by Crippen LogP contribution is 2.23. The summed E-state index contributed by atoms with van der Waals surface area (Å²) >= 11 is 0. The predicted molar refractivity (Wildman–Crippen MR) is 126 cm³/mol. The lowest BCUT2D eigenvalue weighted by Gasteiger charge is -2.27. The summed E-state index contributed by atoms with van der Waals surface area (Å²) in [5.74, 6) is -0.321. The average Bonchev–Trinajstić information content (AvgIpc) is 2.72. The SMILES string of the molecule is Cc1ccc(N(CC(=O)NCc2ccccc2CN2CCCCC2)S(C)(=O)=O)c(C)c1. The minimum atomic E-state index is -3.59. The third-order valence-electron chi connectivity index (χ3n) is 5.75. The number of nitrogens with one attached hydrogen (secondary N) is 1. The van der Waals surface area contributed by atoms with E-state index in [9.17, 15) is 13.2 Å². The van der Waals surface area contributed by atoms with Crippen LogP contribution in [0.2, 0.25) is 0 Å². The standard InChI is InChI=1S/C24H33N3O3S/c1-19-11-12-23(20(2)15-19)27(31(3,29)30)18-24(28)25-16-21-9-5-6-10-22(21)17-26-13-7-4-8-14-26/h5-6,9-12,15H,4,7-8,13-14,16-18H2,1-3H3,(H,25,28). The molecular weight excluding hydrogens is 410 g/mol. The van der Waals surface area contributed by atoms with E-state index < -0.39 is 10.0 Å². The number of sulfonamides is 1. The Morgan fingerprint density at radius 3 is 2.35 bits per heavy atom. The van der Waals surface area contributed by atoms with E-state index in [-0.39, 0.29) is 12.5 Å². The van der Waals surface area contributed by atoms with Gasteiger partial charge in [0.2, 0.25) is 15.9 Å². The minimum absolute atomic E-state index is 0.239. The van der Waals surface area contributed by atoms with Crippen LogP contribution in [0.4, 0.5) is 5.69 Å². The number of carbonyl (C=O) groups is 1. The van der Waals surface area contributed by atoms with Crippen LogP contribution in [0.25, 0.3) is 0 Å². The van der Waals surface area contributed by atoms with Crippen molar-refractivity contribution in [1.82, 2.24) is 10.2 Å². The van der Waals surface area contributed by atoms with Crippen molar-refractivity contribution in [3.05, 3.63) is 64.7 Å². The molecule has 168 valence electrons. The van der Waals surface area contributed by atoms with Gasteiger partial charge < -0.3 is 5.32 Å². The van der Waals surface area contributed by atoms with Crippen molar-refractivity contribution in [2.45, 2.75) is 46.2 Å². The van der Waals surface area contributed by atoms with E-state index in [2.05, 4.69) is 16.3 Å². The topological polar surface area (TPSA) is 69.7 Å². The Morgan fingerprint density at radius 1 is 1.03 bits per heavy atom. The second-order valence-corrected chi connectivity index (χ2v) is 10.3. The minimum Gasteiger partial charge on any atom is -0.350 e. The molecule has 7 heteroatoms. The van der Waals surface area contributed by atoms with Gasteiger partial charge in [-0.2, -0.15) is 0 Å². The lowest BCUT2D eigenvalue weighted by atomic mass is 10.0. The van der Waals surface area contributed by atoms with Gasteiger partial charge in [0.15, 0.2) is 0 Å². The van der Waals surface area contributed by atoms with Crippen molar-refractivity contribution in [2.24, 2.45) is 0 Å². The molecule has 2 aromatic rings. The molecule has 3 rings (SSSR count). The van der Waals surface area contributed by atoms with E-state index in [0.29, 0.717) is 12.2 Å². The number of benzene rings is 2. The van der Waals surface area contributed by atoms with Crippen LogP contribution >= 0.6 is 0 Å². The van der Waals surface area contributed by atoms with Crippen molar-refractivity contribution in [3.8, 4) is 0 Å². The summed E-state index contributed by atoms with van der Waals surface area (Å²) in [6, 6.07) is 13.7. The Bertz CT molecular complexity index is 1010. The molecule has 0 aromatic heterocycles. The van der Waals surface area contributed by atoms with Gasteiger partial charge in [-0.1, -0.05) is 48.4 Å². The third-order valence-corrected chi connectivity index (χ3v) is 6.87. The van der Waals surface area contributed by atoms with Crippen LogP contribution in [-0.4, -0.2) is 45.1 Å². The zero-order valence-electron chi connectivity index (χ0n) is 18.7. The first-order valence-corrected chi connectivity index (χ1v) is 12.7. The third kappa shape index (κ3) is 6.55.